The molecule has 2 saturated heterocycles. The minimum absolute atomic E-state index is 0.0647. The summed E-state index contributed by atoms with van der Waals surface area (Å²) >= 11 is 0. The number of amides is 4. The highest BCUT2D eigenvalue weighted by Crippen LogP contribution is 2.70. The Bertz CT molecular complexity index is 1990. The lowest BCUT2D eigenvalue weighted by Crippen LogP contribution is -2.54. The molecule has 2 aromatic carbocycles. The zero-order valence-corrected chi connectivity index (χ0v) is 29.8. The molecule has 53 heavy (non-hydrogen) atoms. The lowest BCUT2D eigenvalue weighted by Gasteiger charge is -2.32. The summed E-state index contributed by atoms with van der Waals surface area (Å²) in [4.78, 5) is 59.0. The number of ether oxygens (including phenoxy) is 1. The molecule has 0 radical (unpaired) electrons. The molecular formula is C35H38F5N5O7S. The van der Waals surface area contributed by atoms with E-state index in [9.17, 15) is 49.5 Å². The maximum absolute atomic E-state index is 14.4. The maximum Gasteiger partial charge on any atom is 0.419 e. The molecular weight excluding hydrogens is 729 g/mol. The van der Waals surface area contributed by atoms with Gasteiger partial charge in [-0.1, -0.05) is 32.9 Å². The second kappa shape index (κ2) is 12.8. The van der Waals surface area contributed by atoms with Gasteiger partial charge in [-0.15, -0.1) is 0 Å². The molecule has 2 aromatic rings. The van der Waals surface area contributed by atoms with Crippen LogP contribution in [0.15, 0.2) is 36.4 Å². The van der Waals surface area contributed by atoms with Crippen molar-refractivity contribution in [2.45, 2.75) is 101 Å². The number of carbonyl (C=O) groups is 4. The van der Waals surface area contributed by atoms with Crippen molar-refractivity contribution in [2.24, 2.45) is 11.8 Å². The van der Waals surface area contributed by atoms with Crippen LogP contribution >= 0.6 is 0 Å². The number of likely N-dealkylation sites (tertiary alicyclic amines) is 2. The third kappa shape index (κ3) is 6.35. The summed E-state index contributed by atoms with van der Waals surface area (Å²) < 4.78 is 102. The molecule has 12 nitrogen and oxygen atoms in total. The van der Waals surface area contributed by atoms with Crippen molar-refractivity contribution in [3.63, 3.8) is 0 Å². The zero-order valence-electron chi connectivity index (χ0n) is 29.0. The number of rotatable bonds is 10. The first-order valence-corrected chi connectivity index (χ1v) is 19.0. The van der Waals surface area contributed by atoms with Gasteiger partial charge in [0.05, 0.1) is 29.9 Å². The summed E-state index contributed by atoms with van der Waals surface area (Å²) in [6, 6.07) is 3.53. The summed E-state index contributed by atoms with van der Waals surface area (Å²) in [6.07, 6.45) is -5.80. The van der Waals surface area contributed by atoms with Crippen LogP contribution in [0.1, 0.15) is 63.1 Å². The number of alkyl halides is 3. The molecule has 4 fully saturated rings. The number of nitrogens with one attached hydrogen (secondary N) is 2. The summed E-state index contributed by atoms with van der Waals surface area (Å²) in [5.41, 5.74) is -2.24. The van der Waals surface area contributed by atoms with Crippen LogP contribution in [0.2, 0.25) is 0 Å². The Morgan fingerprint density at radius 3 is 2.38 bits per heavy atom. The van der Waals surface area contributed by atoms with E-state index < -0.39 is 98.1 Å². The second-order valence-electron chi connectivity index (χ2n) is 14.7. The highest BCUT2D eigenvalue weighted by molar-refractivity contribution is 7.91. The van der Waals surface area contributed by atoms with Gasteiger partial charge in [0.25, 0.3) is 5.91 Å². The first-order valence-electron chi connectivity index (χ1n) is 17.4. The van der Waals surface area contributed by atoms with Gasteiger partial charge in [-0.3, -0.25) is 24.0 Å². The standard InChI is InChI=1S/C35H38F5N5O7S/c1-4-23-29-34(23,32(48)42-53(50,51)21-9-10-21)45(29)30(46)27-13-20(52-33(49)43-14-18-6-5-7-25(36)22(18)16-43)15-44(27)31(47)28(17(2)3)41-19-8-11-26(37)24(12-19)35(38,39)40/h5-8,11-12,17,20-21,23,27-29,41H,4,9-10,13-16H2,1-3H3,(H,42,48)/t20-,23-,27+,28+,29?,34+,45?/m1/s1. The molecule has 0 spiro atoms. The molecule has 0 bridgehead atoms. The van der Waals surface area contributed by atoms with Crippen molar-refractivity contribution < 1.29 is 54.3 Å². The third-order valence-electron chi connectivity index (χ3n) is 10.9. The first-order chi connectivity index (χ1) is 24.9. The number of benzene rings is 2. The second-order valence-corrected chi connectivity index (χ2v) is 16.7. The van der Waals surface area contributed by atoms with Crippen LogP contribution in [0.5, 0.6) is 0 Å². The van der Waals surface area contributed by atoms with Crippen molar-refractivity contribution in [3.8, 4) is 0 Å². The monoisotopic (exact) mass is 767 g/mol. The Hall–Kier alpha value is -4.48. The minimum Gasteiger partial charge on any atom is -0.444 e. The molecule has 3 heterocycles. The molecule has 6 atom stereocenters. The van der Waals surface area contributed by atoms with E-state index in [0.29, 0.717) is 42.5 Å². The Balaban J connectivity index is 1.13. The van der Waals surface area contributed by atoms with Gasteiger partial charge in [0.15, 0.2) is 0 Å². The molecule has 2 saturated carbocycles. The summed E-state index contributed by atoms with van der Waals surface area (Å²) in [7, 11) is -3.94. The summed E-state index contributed by atoms with van der Waals surface area (Å²) in [5.74, 6) is -5.12. The average Bonchev–Trinajstić information content (AvgIpc) is 4.03. The normalized spacial score (nSPS) is 26.5. The van der Waals surface area contributed by atoms with Crippen LogP contribution in [-0.2, 0) is 48.4 Å². The number of hydrogen-bond donors (Lipinski definition) is 2. The van der Waals surface area contributed by atoms with Gasteiger partial charge in [0.1, 0.15) is 35.4 Å². The van der Waals surface area contributed by atoms with Gasteiger partial charge in [-0.25, -0.2) is 22.0 Å². The van der Waals surface area contributed by atoms with Crippen molar-refractivity contribution >= 4 is 39.5 Å². The first kappa shape index (κ1) is 36.9. The molecule has 18 heteroatoms. The molecule has 2 N–H and O–H groups in total. The zero-order chi connectivity index (χ0) is 38.4. The summed E-state index contributed by atoms with van der Waals surface area (Å²) in [6.45, 7) is 4.72. The quantitative estimate of drug-likeness (QED) is 0.271. The van der Waals surface area contributed by atoms with Gasteiger partial charge >= 0.3 is 12.3 Å². The van der Waals surface area contributed by atoms with Gasteiger partial charge < -0.3 is 19.9 Å². The van der Waals surface area contributed by atoms with Crippen molar-refractivity contribution in [3.05, 3.63) is 64.7 Å². The fraction of sp³-hybridized carbons (Fsp3) is 0.543. The van der Waals surface area contributed by atoms with Gasteiger partial charge in [0.2, 0.25) is 21.8 Å². The molecule has 2 aliphatic carbocycles. The molecule has 4 amide bonds. The fourth-order valence-corrected chi connectivity index (χ4v) is 9.27. The molecule has 7 rings (SSSR count). The molecule has 0 aromatic heterocycles. The molecule has 3 aliphatic heterocycles. The van der Waals surface area contributed by atoms with Crippen LogP contribution in [-0.4, -0.2) is 88.5 Å². The highest BCUT2D eigenvalue weighted by atomic mass is 32.2. The summed E-state index contributed by atoms with van der Waals surface area (Å²) in [5, 5.41) is 2.07. The smallest absolute Gasteiger partial charge is 0.419 e. The van der Waals surface area contributed by atoms with E-state index in [1.165, 1.54) is 21.9 Å². The van der Waals surface area contributed by atoms with Gasteiger partial charge in [-0.2, -0.15) is 13.2 Å². The number of anilines is 1. The predicted molar refractivity (Wildman–Crippen MR) is 177 cm³/mol. The number of hydrogen-bond acceptors (Lipinski definition) is 8. The topological polar surface area (TPSA) is 145 Å². The SMILES string of the molecule is CC[C@@H]1C2N(C(=O)[C@@H]3C[C@@H](OC(=O)N4Cc5cccc(F)c5C4)CN3C(=O)[C@@H](Nc3ccc(F)c(C(F)(F)F)c3)C(C)C)[C@]21C(=O)NS(=O)(=O)C1CC1. The van der Waals surface area contributed by atoms with Crippen LogP contribution < -0.4 is 10.0 Å². The van der Waals surface area contributed by atoms with E-state index in [-0.39, 0.29) is 37.7 Å². The highest BCUT2D eigenvalue weighted by Gasteiger charge is 2.91. The van der Waals surface area contributed by atoms with Crippen LogP contribution in [0, 0.1) is 23.5 Å². The van der Waals surface area contributed by atoms with E-state index in [4.69, 9.17) is 4.74 Å². The predicted octanol–water partition coefficient (Wildman–Crippen LogP) is 4.14. The number of sulfonamides is 1. The van der Waals surface area contributed by atoms with Crippen LogP contribution in [0.3, 0.4) is 0 Å². The van der Waals surface area contributed by atoms with Crippen LogP contribution in [0.25, 0.3) is 0 Å². The number of fused-ring (bicyclic) bond motifs is 2. The Morgan fingerprint density at radius 2 is 1.75 bits per heavy atom. The van der Waals surface area contributed by atoms with E-state index in [1.807, 2.05) is 0 Å². The van der Waals surface area contributed by atoms with Gasteiger partial charge in [-0.05, 0) is 55.0 Å². The number of carbonyl (C=O) groups excluding carboxylic acids is 4. The largest absolute Gasteiger partial charge is 0.444 e. The van der Waals surface area contributed by atoms with Crippen molar-refractivity contribution in [1.82, 2.24) is 19.4 Å². The molecule has 5 aliphatic rings. The third-order valence-corrected chi connectivity index (χ3v) is 12.8. The van der Waals surface area contributed by atoms with Crippen molar-refractivity contribution in [2.75, 3.05) is 11.9 Å². The van der Waals surface area contributed by atoms with Gasteiger partial charge in [0, 0.05) is 30.1 Å². The van der Waals surface area contributed by atoms with E-state index in [2.05, 4.69) is 10.0 Å². The Morgan fingerprint density at radius 1 is 1.04 bits per heavy atom. The van der Waals surface area contributed by atoms with Crippen LogP contribution in [0.4, 0.5) is 32.4 Å². The number of halogens is 5. The average molecular weight is 768 g/mol. The molecule has 1 unspecified atom stereocenters. The van der Waals surface area contributed by atoms with E-state index >= 15 is 0 Å². The van der Waals surface area contributed by atoms with E-state index in [1.54, 1.807) is 26.8 Å². The lowest BCUT2D eigenvalue weighted by atomic mass is 10.0. The Kier molecular flexibility index (Phi) is 8.92. The number of nitrogens with zero attached hydrogens (tertiary/aromatic N) is 3. The fourth-order valence-electron chi connectivity index (χ4n) is 7.92. The lowest BCUT2D eigenvalue weighted by molar-refractivity contribution is -0.145. The maximum atomic E-state index is 14.4. The Labute approximate surface area is 302 Å². The minimum atomic E-state index is -5.01. The van der Waals surface area contributed by atoms with E-state index in [0.717, 1.165) is 11.0 Å². The molecule has 286 valence electrons. The van der Waals surface area contributed by atoms with Crippen molar-refractivity contribution in [1.29, 1.82) is 0 Å².